The second-order valence-electron chi connectivity index (χ2n) is 3.84. The first kappa shape index (κ1) is 14.4. The van der Waals surface area contributed by atoms with Gasteiger partial charge in [0.25, 0.3) is 0 Å². The number of para-hydroxylation sites is 2. The molecule has 0 aliphatic carbocycles. The van der Waals surface area contributed by atoms with Crippen molar-refractivity contribution in [2.75, 3.05) is 9.62 Å². The van der Waals surface area contributed by atoms with Gasteiger partial charge >= 0.3 is 15.3 Å². The topological polar surface area (TPSA) is 66.5 Å². The number of anilines is 2. The largest absolute Gasteiger partial charge is 0.341 e. The molecule has 0 saturated carbocycles. The number of carbonyl (C=O) groups is 1. The number of nitrogens with zero attached hydrogens (tertiary/aromatic N) is 1. The molecule has 0 aliphatic heterocycles. The van der Waals surface area contributed by atoms with Gasteiger partial charge in [-0.1, -0.05) is 36.4 Å². The van der Waals surface area contributed by atoms with Crippen LogP contribution in [-0.2, 0) is 9.24 Å². The summed E-state index contributed by atoms with van der Waals surface area (Å²) in [6.45, 7) is 0. The zero-order valence-corrected chi connectivity index (χ0v) is 11.8. The maximum Gasteiger partial charge on any atom is 0.341 e. The van der Waals surface area contributed by atoms with Gasteiger partial charge in [0.2, 0.25) is 0 Å². The standard InChI is InChI=1S/C13H11ClN2O3S/c14-20(18,19)16(12-9-5-2-6-10-12)13(17)15-11-7-3-1-4-8-11/h1-10H,(H,15,17). The zero-order valence-electron chi connectivity index (χ0n) is 10.2. The molecule has 0 spiro atoms. The highest BCUT2D eigenvalue weighted by Crippen LogP contribution is 2.21. The molecule has 1 N–H and O–H groups in total. The first-order valence-electron chi connectivity index (χ1n) is 5.64. The molecule has 0 unspecified atom stereocenters. The number of amides is 2. The molecule has 0 aromatic heterocycles. The molecular weight excluding hydrogens is 300 g/mol. The predicted octanol–water partition coefficient (Wildman–Crippen LogP) is 3.21. The lowest BCUT2D eigenvalue weighted by Crippen LogP contribution is -2.37. The maximum absolute atomic E-state index is 12.1. The van der Waals surface area contributed by atoms with Crippen LogP contribution >= 0.6 is 10.7 Å². The van der Waals surface area contributed by atoms with Gasteiger partial charge < -0.3 is 5.32 Å². The SMILES string of the molecule is O=C(Nc1ccccc1)N(c1ccccc1)S(=O)(=O)Cl. The molecule has 2 aromatic carbocycles. The third-order valence-electron chi connectivity index (χ3n) is 2.42. The van der Waals surface area contributed by atoms with Crippen LogP contribution in [0.3, 0.4) is 0 Å². The van der Waals surface area contributed by atoms with E-state index in [0.717, 1.165) is 0 Å². The normalized spacial score (nSPS) is 10.8. The number of nitrogens with one attached hydrogen (secondary N) is 1. The minimum Gasteiger partial charge on any atom is -0.307 e. The van der Waals surface area contributed by atoms with Gasteiger partial charge in [-0.15, -0.1) is 0 Å². The molecule has 0 saturated heterocycles. The van der Waals surface area contributed by atoms with Gasteiger partial charge in [0.15, 0.2) is 0 Å². The molecule has 0 radical (unpaired) electrons. The highest BCUT2D eigenvalue weighted by molar-refractivity contribution is 8.15. The lowest BCUT2D eigenvalue weighted by molar-refractivity contribution is 0.260. The lowest BCUT2D eigenvalue weighted by atomic mass is 10.3. The van der Waals surface area contributed by atoms with Crippen molar-refractivity contribution >= 4 is 37.3 Å². The number of hydrogen-bond acceptors (Lipinski definition) is 3. The minimum absolute atomic E-state index is 0.163. The van der Waals surface area contributed by atoms with Crippen LogP contribution in [-0.4, -0.2) is 14.4 Å². The average molecular weight is 311 g/mol. The second kappa shape index (κ2) is 5.94. The van der Waals surface area contributed by atoms with Crippen molar-refractivity contribution in [2.24, 2.45) is 0 Å². The maximum atomic E-state index is 12.1. The van der Waals surface area contributed by atoms with Gasteiger partial charge in [0.1, 0.15) is 0 Å². The molecule has 0 atom stereocenters. The summed E-state index contributed by atoms with van der Waals surface area (Å²) in [4.78, 5) is 12.1. The van der Waals surface area contributed by atoms with E-state index in [-0.39, 0.29) is 5.69 Å². The smallest absolute Gasteiger partial charge is 0.307 e. The van der Waals surface area contributed by atoms with Crippen LogP contribution in [0, 0.1) is 0 Å². The molecule has 0 bridgehead atoms. The van der Waals surface area contributed by atoms with Gasteiger partial charge in [-0.25, -0.2) is 4.79 Å². The monoisotopic (exact) mass is 310 g/mol. The molecule has 0 aliphatic rings. The number of halogens is 1. The number of benzene rings is 2. The Morgan fingerprint density at radius 3 is 1.95 bits per heavy atom. The Hall–Kier alpha value is -2.05. The number of carbonyl (C=O) groups excluding carboxylic acids is 1. The molecule has 2 rings (SSSR count). The van der Waals surface area contributed by atoms with Crippen molar-refractivity contribution in [3.8, 4) is 0 Å². The Labute approximate surface area is 121 Å². The predicted molar refractivity (Wildman–Crippen MR) is 79.2 cm³/mol. The molecule has 0 heterocycles. The zero-order chi connectivity index (χ0) is 14.6. The van der Waals surface area contributed by atoms with Crippen molar-refractivity contribution < 1.29 is 13.2 Å². The Morgan fingerprint density at radius 1 is 0.950 bits per heavy atom. The number of hydrogen-bond donors (Lipinski definition) is 1. The third-order valence-corrected chi connectivity index (χ3v) is 3.65. The Bertz CT molecular complexity index is 690. The van der Waals surface area contributed by atoms with Gasteiger partial charge in [0, 0.05) is 16.4 Å². The minimum atomic E-state index is -4.24. The molecule has 2 aromatic rings. The first-order chi connectivity index (χ1) is 9.48. The third kappa shape index (κ3) is 3.49. The summed E-state index contributed by atoms with van der Waals surface area (Å²) < 4.78 is 23.7. The molecule has 7 heteroatoms. The van der Waals surface area contributed by atoms with Crippen molar-refractivity contribution in [1.29, 1.82) is 0 Å². The Kier molecular flexibility index (Phi) is 4.26. The van der Waals surface area contributed by atoms with E-state index in [9.17, 15) is 13.2 Å². The van der Waals surface area contributed by atoms with Crippen LogP contribution in [0.1, 0.15) is 0 Å². The van der Waals surface area contributed by atoms with E-state index in [1.165, 1.54) is 12.1 Å². The van der Waals surface area contributed by atoms with Crippen LogP contribution in [0.15, 0.2) is 60.7 Å². The fourth-order valence-electron chi connectivity index (χ4n) is 1.60. The van der Waals surface area contributed by atoms with Gasteiger partial charge in [-0.05, 0) is 24.3 Å². The summed E-state index contributed by atoms with van der Waals surface area (Å²) in [5.74, 6) is 0. The highest BCUT2D eigenvalue weighted by atomic mass is 35.7. The summed E-state index contributed by atoms with van der Waals surface area (Å²) >= 11 is 0. The molecule has 2 amide bonds. The summed E-state index contributed by atoms with van der Waals surface area (Å²) in [5.41, 5.74) is 0.634. The van der Waals surface area contributed by atoms with E-state index in [1.807, 2.05) is 0 Å². The molecule has 20 heavy (non-hydrogen) atoms. The van der Waals surface area contributed by atoms with Crippen LogP contribution in [0.5, 0.6) is 0 Å². The van der Waals surface area contributed by atoms with Crippen molar-refractivity contribution in [3.05, 3.63) is 60.7 Å². The molecule has 104 valence electrons. The van der Waals surface area contributed by atoms with Gasteiger partial charge in [-0.3, -0.25) is 0 Å². The van der Waals surface area contributed by atoms with E-state index in [0.29, 0.717) is 9.99 Å². The molecule has 0 fully saturated rings. The highest BCUT2D eigenvalue weighted by Gasteiger charge is 2.27. The quantitative estimate of drug-likeness (QED) is 0.885. The summed E-state index contributed by atoms with van der Waals surface area (Å²) in [6, 6.07) is 15.5. The fourth-order valence-corrected chi connectivity index (χ4v) is 2.65. The van der Waals surface area contributed by atoms with E-state index in [1.54, 1.807) is 48.5 Å². The number of urea groups is 1. The molecule has 5 nitrogen and oxygen atoms in total. The summed E-state index contributed by atoms with van der Waals surface area (Å²) in [5, 5.41) is 2.47. The summed E-state index contributed by atoms with van der Waals surface area (Å²) in [6.07, 6.45) is 0. The molecular formula is C13H11ClN2O3S. The van der Waals surface area contributed by atoms with Crippen LogP contribution < -0.4 is 9.62 Å². The summed E-state index contributed by atoms with van der Waals surface area (Å²) in [7, 11) is 1.09. The van der Waals surface area contributed by atoms with Crippen molar-refractivity contribution in [2.45, 2.75) is 0 Å². The van der Waals surface area contributed by atoms with E-state index < -0.39 is 15.3 Å². The van der Waals surface area contributed by atoms with E-state index in [4.69, 9.17) is 10.7 Å². The van der Waals surface area contributed by atoms with Crippen molar-refractivity contribution in [1.82, 2.24) is 0 Å². The van der Waals surface area contributed by atoms with Crippen LogP contribution in [0.25, 0.3) is 0 Å². The Balaban J connectivity index is 2.31. The fraction of sp³-hybridized carbons (Fsp3) is 0. The Morgan fingerprint density at radius 2 is 1.45 bits per heavy atom. The second-order valence-corrected chi connectivity index (χ2v) is 6.20. The number of rotatable bonds is 3. The van der Waals surface area contributed by atoms with Crippen molar-refractivity contribution in [3.63, 3.8) is 0 Å². The first-order valence-corrected chi connectivity index (χ1v) is 7.91. The van der Waals surface area contributed by atoms with Crippen LogP contribution in [0.4, 0.5) is 16.2 Å². The van der Waals surface area contributed by atoms with E-state index >= 15 is 0 Å². The average Bonchev–Trinajstić information content (AvgIpc) is 2.39. The van der Waals surface area contributed by atoms with Gasteiger partial charge in [-0.2, -0.15) is 12.7 Å². The lowest BCUT2D eigenvalue weighted by Gasteiger charge is -2.19. The van der Waals surface area contributed by atoms with E-state index in [2.05, 4.69) is 5.32 Å². The van der Waals surface area contributed by atoms with Gasteiger partial charge in [0.05, 0.1) is 5.69 Å². The van der Waals surface area contributed by atoms with Crippen LogP contribution in [0.2, 0.25) is 0 Å².